The molecule has 0 saturated carbocycles. The number of hydrogen-bond acceptors (Lipinski definition) is 10. The molecule has 2 aliphatic rings. The van der Waals surface area contributed by atoms with Gasteiger partial charge in [0.25, 0.3) is 5.56 Å². The van der Waals surface area contributed by atoms with Gasteiger partial charge in [-0.15, -0.1) is 0 Å². The lowest BCUT2D eigenvalue weighted by atomic mass is 9.95. The van der Waals surface area contributed by atoms with Crippen molar-refractivity contribution in [2.75, 3.05) is 20.5 Å². The zero-order chi connectivity index (χ0) is 27.0. The summed E-state index contributed by atoms with van der Waals surface area (Å²) in [7, 11) is 1.46. The summed E-state index contributed by atoms with van der Waals surface area (Å²) < 4.78 is 28.7. The molecule has 0 N–H and O–H groups in total. The third kappa shape index (κ3) is 4.56. The summed E-state index contributed by atoms with van der Waals surface area (Å²) in [4.78, 5) is 43.2. The molecule has 1 aromatic heterocycles. The Morgan fingerprint density at radius 3 is 2.68 bits per heavy atom. The number of aromatic nitrogens is 1. The molecule has 3 aromatic rings. The molecule has 1 atom stereocenters. The van der Waals surface area contributed by atoms with Gasteiger partial charge in [-0.05, 0) is 55.3 Å². The average molecular weight is 537 g/mol. The van der Waals surface area contributed by atoms with Crippen LogP contribution in [0.3, 0.4) is 0 Å². The van der Waals surface area contributed by atoms with Crippen molar-refractivity contribution in [2.24, 2.45) is 4.99 Å². The van der Waals surface area contributed by atoms with Crippen LogP contribution in [0.25, 0.3) is 6.08 Å². The van der Waals surface area contributed by atoms with Gasteiger partial charge in [0.2, 0.25) is 6.79 Å². The zero-order valence-electron chi connectivity index (χ0n) is 21.1. The van der Waals surface area contributed by atoms with E-state index in [0.29, 0.717) is 43.4 Å². The molecule has 38 heavy (non-hydrogen) atoms. The molecular formula is C27H24N2O8S. The molecule has 2 aromatic carbocycles. The molecule has 0 aliphatic carbocycles. The van der Waals surface area contributed by atoms with Crippen molar-refractivity contribution in [3.05, 3.63) is 78.5 Å². The van der Waals surface area contributed by atoms with Gasteiger partial charge in [0.1, 0.15) is 0 Å². The van der Waals surface area contributed by atoms with Crippen molar-refractivity contribution in [3.63, 3.8) is 0 Å². The van der Waals surface area contributed by atoms with Gasteiger partial charge in [0, 0.05) is 6.92 Å². The first-order chi connectivity index (χ1) is 18.3. The molecule has 0 unspecified atom stereocenters. The van der Waals surface area contributed by atoms with Crippen LogP contribution in [0.1, 0.15) is 37.9 Å². The topological polar surface area (TPSA) is 115 Å². The summed E-state index contributed by atoms with van der Waals surface area (Å²) in [5, 5.41) is 0. The predicted molar refractivity (Wildman–Crippen MR) is 137 cm³/mol. The van der Waals surface area contributed by atoms with Crippen molar-refractivity contribution in [3.8, 4) is 23.0 Å². The first kappa shape index (κ1) is 25.3. The highest BCUT2D eigenvalue weighted by Gasteiger charge is 2.34. The van der Waals surface area contributed by atoms with Gasteiger partial charge in [0.15, 0.2) is 27.8 Å². The number of fused-ring (bicyclic) bond motifs is 2. The number of thiazole rings is 1. The molecule has 196 valence electrons. The highest BCUT2D eigenvalue weighted by molar-refractivity contribution is 7.07. The van der Waals surface area contributed by atoms with E-state index in [0.717, 1.165) is 0 Å². The lowest BCUT2D eigenvalue weighted by Crippen LogP contribution is -2.39. The standard InChI is InChI=1S/C27H24N2O8S/c1-5-34-26(32)23-14(2)28-27-29(24(23)17-7-9-18-21(12-17)36-13-35-18)25(31)22(38-27)11-16-6-8-19(37-15(3)30)20(10-16)33-4/h6-12,24H,5,13H2,1-4H3/b22-11-/t24-/m0/s1. The predicted octanol–water partition coefficient (Wildman–Crippen LogP) is 2.46. The molecule has 5 rings (SSSR count). The second-order valence-corrected chi connectivity index (χ2v) is 9.43. The quantitative estimate of drug-likeness (QED) is 0.349. The van der Waals surface area contributed by atoms with Crippen molar-refractivity contribution in [1.82, 2.24) is 4.57 Å². The minimum atomic E-state index is -0.775. The van der Waals surface area contributed by atoms with Gasteiger partial charge >= 0.3 is 11.9 Å². The molecule has 0 bridgehead atoms. The number of allylic oxidation sites excluding steroid dienone is 1. The number of methoxy groups -OCH3 is 1. The summed E-state index contributed by atoms with van der Waals surface area (Å²) in [6, 6.07) is 9.52. The van der Waals surface area contributed by atoms with E-state index in [1.807, 2.05) is 0 Å². The number of carbonyl (C=O) groups excluding carboxylic acids is 2. The maximum atomic E-state index is 13.8. The lowest BCUT2D eigenvalue weighted by molar-refractivity contribution is -0.139. The smallest absolute Gasteiger partial charge is 0.338 e. The van der Waals surface area contributed by atoms with E-state index in [1.54, 1.807) is 56.3 Å². The van der Waals surface area contributed by atoms with Crippen LogP contribution in [-0.2, 0) is 14.3 Å². The lowest BCUT2D eigenvalue weighted by Gasteiger charge is -2.24. The van der Waals surface area contributed by atoms with Gasteiger partial charge < -0.3 is 23.7 Å². The van der Waals surface area contributed by atoms with Crippen LogP contribution >= 0.6 is 11.3 Å². The van der Waals surface area contributed by atoms with Crippen molar-refractivity contribution < 1.29 is 33.3 Å². The van der Waals surface area contributed by atoms with Crippen LogP contribution in [0.4, 0.5) is 0 Å². The van der Waals surface area contributed by atoms with Gasteiger partial charge in [-0.1, -0.05) is 23.5 Å². The van der Waals surface area contributed by atoms with Crippen LogP contribution in [0.15, 0.2) is 57.5 Å². The van der Waals surface area contributed by atoms with E-state index in [4.69, 9.17) is 23.7 Å². The van der Waals surface area contributed by atoms with Crippen molar-refractivity contribution >= 4 is 29.4 Å². The second-order valence-electron chi connectivity index (χ2n) is 8.42. The summed E-state index contributed by atoms with van der Waals surface area (Å²) in [5.41, 5.74) is 1.73. The maximum Gasteiger partial charge on any atom is 0.338 e. The zero-order valence-corrected chi connectivity index (χ0v) is 21.9. The summed E-state index contributed by atoms with van der Waals surface area (Å²) in [5.74, 6) is 0.724. The Hall–Kier alpha value is -4.38. The van der Waals surface area contributed by atoms with Crippen molar-refractivity contribution in [2.45, 2.75) is 26.8 Å². The minimum absolute atomic E-state index is 0.0981. The molecule has 0 saturated heterocycles. The molecular weight excluding hydrogens is 512 g/mol. The number of benzene rings is 2. The van der Waals surface area contributed by atoms with Crippen LogP contribution in [0.5, 0.6) is 23.0 Å². The third-order valence-corrected chi connectivity index (χ3v) is 6.95. The third-order valence-electron chi connectivity index (χ3n) is 5.97. The largest absolute Gasteiger partial charge is 0.493 e. The van der Waals surface area contributed by atoms with Crippen LogP contribution < -0.4 is 33.8 Å². The van der Waals surface area contributed by atoms with Gasteiger partial charge in [-0.25, -0.2) is 9.79 Å². The van der Waals surface area contributed by atoms with E-state index in [2.05, 4.69) is 4.99 Å². The highest BCUT2D eigenvalue weighted by atomic mass is 32.1. The molecule has 3 heterocycles. The monoisotopic (exact) mass is 536 g/mol. The van der Waals surface area contributed by atoms with E-state index in [1.165, 1.54) is 29.9 Å². The SMILES string of the molecule is CCOC(=O)C1=C(C)N=c2s/c(=C\c3ccc(OC(C)=O)c(OC)c3)c(=O)n2[C@H]1c1ccc2c(c1)OCO2. The number of nitrogens with zero attached hydrogens (tertiary/aromatic N) is 2. The number of carbonyl (C=O) groups is 2. The molecule has 0 amide bonds. The fourth-order valence-electron chi connectivity index (χ4n) is 4.35. The number of esters is 2. The average Bonchev–Trinajstić information content (AvgIpc) is 3.47. The molecule has 2 aliphatic heterocycles. The Balaban J connectivity index is 1.66. The van der Waals surface area contributed by atoms with E-state index >= 15 is 0 Å². The van der Waals surface area contributed by atoms with Gasteiger partial charge in [-0.3, -0.25) is 14.2 Å². The maximum absolute atomic E-state index is 13.8. The molecule has 0 spiro atoms. The van der Waals surface area contributed by atoms with Gasteiger partial charge in [0.05, 0.1) is 35.6 Å². The first-order valence-corrected chi connectivity index (χ1v) is 12.6. The van der Waals surface area contributed by atoms with E-state index in [9.17, 15) is 14.4 Å². The van der Waals surface area contributed by atoms with E-state index in [-0.39, 0.29) is 30.3 Å². The normalized spacial score (nSPS) is 16.1. The first-order valence-electron chi connectivity index (χ1n) is 11.8. The number of rotatable bonds is 6. The fraction of sp³-hybridized carbons (Fsp3) is 0.259. The Bertz CT molecular complexity index is 1670. The molecule has 10 nitrogen and oxygen atoms in total. The Morgan fingerprint density at radius 2 is 1.95 bits per heavy atom. The minimum Gasteiger partial charge on any atom is -0.493 e. The molecule has 0 fully saturated rings. The Kier molecular flexibility index (Phi) is 6.77. The number of hydrogen-bond donors (Lipinski definition) is 0. The molecule has 11 heteroatoms. The van der Waals surface area contributed by atoms with Gasteiger partial charge in [-0.2, -0.15) is 0 Å². The fourth-order valence-corrected chi connectivity index (χ4v) is 5.40. The summed E-state index contributed by atoms with van der Waals surface area (Å²) in [6.07, 6.45) is 1.70. The Labute approximate surface area is 221 Å². The second kappa shape index (κ2) is 10.2. The van der Waals surface area contributed by atoms with Crippen LogP contribution in [-0.4, -0.2) is 37.0 Å². The summed E-state index contributed by atoms with van der Waals surface area (Å²) >= 11 is 1.20. The summed E-state index contributed by atoms with van der Waals surface area (Å²) in [6.45, 7) is 5.03. The van der Waals surface area contributed by atoms with Crippen LogP contribution in [0, 0.1) is 0 Å². The van der Waals surface area contributed by atoms with Crippen LogP contribution in [0.2, 0.25) is 0 Å². The highest BCUT2D eigenvalue weighted by Crippen LogP contribution is 2.38. The Morgan fingerprint density at radius 1 is 1.16 bits per heavy atom. The van der Waals surface area contributed by atoms with Crippen molar-refractivity contribution in [1.29, 1.82) is 0 Å². The number of ether oxygens (including phenoxy) is 5. The van der Waals surface area contributed by atoms with E-state index < -0.39 is 18.0 Å². The molecule has 0 radical (unpaired) electrons.